The summed E-state index contributed by atoms with van der Waals surface area (Å²) in [6.45, 7) is 8.22. The Kier molecular flexibility index (Phi) is 3.72. The third-order valence-electron chi connectivity index (χ3n) is 3.57. The van der Waals surface area contributed by atoms with Crippen LogP contribution in [-0.4, -0.2) is 18.3 Å². The average molecular weight is 309 g/mol. The zero-order valence-corrected chi connectivity index (χ0v) is 12.8. The summed E-state index contributed by atoms with van der Waals surface area (Å²) >= 11 is 3.46. The maximum atomic E-state index is 5.90. The molecule has 0 aromatic heterocycles. The van der Waals surface area contributed by atoms with Gasteiger partial charge in [0.2, 0.25) is 0 Å². The van der Waals surface area contributed by atoms with Gasteiger partial charge in [-0.1, -0.05) is 40.1 Å². The number of rotatable bonds is 2. The monoisotopic (exact) mass is 308 g/mol. The van der Waals surface area contributed by atoms with Crippen molar-refractivity contribution in [2.24, 2.45) is 0 Å². The molecule has 0 unspecified atom stereocenters. The molecule has 1 saturated heterocycles. The van der Waals surface area contributed by atoms with Crippen LogP contribution in [0.25, 0.3) is 6.08 Å². The first-order chi connectivity index (χ1) is 8.30. The first-order valence-corrected chi connectivity index (χ1v) is 6.89. The van der Waals surface area contributed by atoms with Gasteiger partial charge in [-0.25, -0.2) is 0 Å². The topological polar surface area (TPSA) is 18.5 Å². The predicted molar refractivity (Wildman–Crippen MR) is 79.3 cm³/mol. The third kappa shape index (κ3) is 2.87. The van der Waals surface area contributed by atoms with E-state index in [0.717, 1.165) is 10.0 Å². The van der Waals surface area contributed by atoms with Gasteiger partial charge >= 0.3 is 7.12 Å². The molecule has 1 aliphatic rings. The highest BCUT2D eigenvalue weighted by molar-refractivity contribution is 9.10. The van der Waals surface area contributed by atoms with E-state index < -0.39 is 0 Å². The third-order valence-corrected chi connectivity index (χ3v) is 4.06. The Morgan fingerprint density at radius 1 is 1.11 bits per heavy atom. The van der Waals surface area contributed by atoms with E-state index in [4.69, 9.17) is 9.31 Å². The SMILES string of the molecule is CC1(C)OB(C=Cc2cccc(Br)c2)OC1(C)C. The molecule has 1 aromatic rings. The van der Waals surface area contributed by atoms with Gasteiger partial charge in [0.05, 0.1) is 11.2 Å². The molecule has 0 bridgehead atoms. The number of hydrogen-bond donors (Lipinski definition) is 0. The van der Waals surface area contributed by atoms with E-state index >= 15 is 0 Å². The highest BCUT2D eigenvalue weighted by atomic mass is 79.9. The number of benzene rings is 1. The Morgan fingerprint density at radius 3 is 2.28 bits per heavy atom. The second-order valence-corrected chi connectivity index (χ2v) is 6.45. The lowest BCUT2D eigenvalue weighted by atomic mass is 9.89. The molecular formula is C14H18BBrO2. The summed E-state index contributed by atoms with van der Waals surface area (Å²) in [6.07, 6.45) is 2.02. The lowest BCUT2D eigenvalue weighted by molar-refractivity contribution is 0.00578. The van der Waals surface area contributed by atoms with Crippen molar-refractivity contribution in [3.8, 4) is 0 Å². The van der Waals surface area contributed by atoms with E-state index in [0.29, 0.717) is 0 Å². The Bertz CT molecular complexity index is 453. The fourth-order valence-electron chi connectivity index (χ4n) is 1.77. The van der Waals surface area contributed by atoms with Gasteiger partial charge in [0, 0.05) is 4.47 Å². The van der Waals surface area contributed by atoms with E-state index in [1.54, 1.807) is 0 Å². The smallest absolute Gasteiger partial charge is 0.400 e. The van der Waals surface area contributed by atoms with E-state index in [9.17, 15) is 0 Å². The van der Waals surface area contributed by atoms with Gasteiger partial charge in [-0.15, -0.1) is 0 Å². The molecule has 18 heavy (non-hydrogen) atoms. The summed E-state index contributed by atoms with van der Waals surface area (Å²) in [5, 5.41) is 0. The van der Waals surface area contributed by atoms with Crippen LogP contribution in [0.1, 0.15) is 33.3 Å². The summed E-state index contributed by atoms with van der Waals surface area (Å²) in [5.74, 6) is 1.96. The predicted octanol–water partition coefficient (Wildman–Crippen LogP) is 4.09. The molecule has 2 nitrogen and oxygen atoms in total. The first kappa shape index (κ1) is 13.8. The van der Waals surface area contributed by atoms with Crippen LogP contribution in [0.15, 0.2) is 34.7 Å². The fraction of sp³-hybridized carbons (Fsp3) is 0.429. The minimum Gasteiger partial charge on any atom is -0.400 e. The van der Waals surface area contributed by atoms with Gasteiger partial charge in [0.25, 0.3) is 0 Å². The quantitative estimate of drug-likeness (QED) is 0.766. The van der Waals surface area contributed by atoms with Crippen molar-refractivity contribution in [3.63, 3.8) is 0 Å². The van der Waals surface area contributed by atoms with E-state index in [2.05, 4.69) is 49.7 Å². The van der Waals surface area contributed by atoms with Crippen molar-refractivity contribution in [1.82, 2.24) is 0 Å². The molecule has 0 amide bonds. The molecule has 0 spiro atoms. The molecule has 0 atom stereocenters. The van der Waals surface area contributed by atoms with Gasteiger partial charge in [0.1, 0.15) is 0 Å². The molecular weight excluding hydrogens is 291 g/mol. The van der Waals surface area contributed by atoms with Crippen LogP contribution < -0.4 is 0 Å². The van der Waals surface area contributed by atoms with Crippen molar-refractivity contribution in [2.45, 2.75) is 38.9 Å². The normalized spacial score (nSPS) is 21.7. The summed E-state index contributed by atoms with van der Waals surface area (Å²) in [6, 6.07) is 8.12. The van der Waals surface area contributed by atoms with Gasteiger partial charge in [-0.3, -0.25) is 0 Å². The standard InChI is InChI=1S/C14H18BBrO2/c1-13(2)14(3,4)18-15(17-13)9-8-11-6-5-7-12(16)10-11/h5-10H,1-4H3. The van der Waals surface area contributed by atoms with Gasteiger partial charge in [-0.05, 0) is 45.4 Å². The molecule has 0 N–H and O–H groups in total. The van der Waals surface area contributed by atoms with Gasteiger partial charge in [0.15, 0.2) is 0 Å². The van der Waals surface area contributed by atoms with Crippen molar-refractivity contribution < 1.29 is 9.31 Å². The summed E-state index contributed by atoms with van der Waals surface area (Å²) in [7, 11) is -0.283. The highest BCUT2D eigenvalue weighted by Gasteiger charge is 2.49. The minimum atomic E-state index is -0.283. The Hall–Kier alpha value is -0.575. The Labute approximate surface area is 118 Å². The van der Waals surface area contributed by atoms with E-state index in [-0.39, 0.29) is 18.3 Å². The largest absolute Gasteiger partial charge is 0.487 e. The second-order valence-electron chi connectivity index (χ2n) is 5.54. The molecule has 1 aromatic carbocycles. The first-order valence-electron chi connectivity index (χ1n) is 6.10. The molecule has 4 heteroatoms. The van der Waals surface area contributed by atoms with Crippen LogP contribution in [0.3, 0.4) is 0 Å². The van der Waals surface area contributed by atoms with Crippen molar-refractivity contribution in [3.05, 3.63) is 40.3 Å². The second kappa shape index (κ2) is 4.84. The maximum absolute atomic E-state index is 5.90. The zero-order chi connectivity index (χ0) is 13.4. The van der Waals surface area contributed by atoms with E-state index in [1.165, 1.54) is 0 Å². The van der Waals surface area contributed by atoms with Crippen LogP contribution in [0.5, 0.6) is 0 Å². The minimum absolute atomic E-state index is 0.278. The molecule has 96 valence electrons. The maximum Gasteiger partial charge on any atom is 0.487 e. The van der Waals surface area contributed by atoms with Crippen LogP contribution in [-0.2, 0) is 9.31 Å². The van der Waals surface area contributed by atoms with E-state index in [1.807, 2.05) is 30.3 Å². The average Bonchev–Trinajstić information content (AvgIpc) is 2.45. The van der Waals surface area contributed by atoms with Gasteiger partial charge < -0.3 is 9.31 Å². The molecule has 1 fully saturated rings. The highest BCUT2D eigenvalue weighted by Crippen LogP contribution is 2.37. The van der Waals surface area contributed by atoms with Crippen LogP contribution in [0.2, 0.25) is 0 Å². The number of hydrogen-bond acceptors (Lipinski definition) is 2. The van der Waals surface area contributed by atoms with Crippen LogP contribution in [0, 0.1) is 0 Å². The Balaban J connectivity index is 2.08. The lowest BCUT2D eigenvalue weighted by Crippen LogP contribution is -2.41. The summed E-state index contributed by atoms with van der Waals surface area (Å²) < 4.78 is 12.9. The summed E-state index contributed by atoms with van der Waals surface area (Å²) in [5.41, 5.74) is 0.567. The van der Waals surface area contributed by atoms with Crippen molar-refractivity contribution >= 4 is 29.1 Å². The van der Waals surface area contributed by atoms with Crippen LogP contribution in [0.4, 0.5) is 0 Å². The summed E-state index contributed by atoms with van der Waals surface area (Å²) in [4.78, 5) is 0. The molecule has 1 aliphatic heterocycles. The molecule has 0 radical (unpaired) electrons. The molecule has 0 aliphatic carbocycles. The zero-order valence-electron chi connectivity index (χ0n) is 11.2. The fourth-order valence-corrected chi connectivity index (χ4v) is 2.18. The lowest BCUT2D eigenvalue weighted by Gasteiger charge is -2.32. The molecule has 1 heterocycles. The van der Waals surface area contributed by atoms with Crippen molar-refractivity contribution in [1.29, 1.82) is 0 Å². The molecule has 2 rings (SSSR count). The Morgan fingerprint density at radius 2 is 1.72 bits per heavy atom. The van der Waals surface area contributed by atoms with Crippen molar-refractivity contribution in [2.75, 3.05) is 0 Å². The molecule has 0 saturated carbocycles. The van der Waals surface area contributed by atoms with Crippen LogP contribution >= 0.6 is 15.9 Å². The van der Waals surface area contributed by atoms with Gasteiger partial charge in [-0.2, -0.15) is 0 Å². The number of halogens is 1.